The maximum atomic E-state index is 3.66. The molecule has 1 fully saturated rings. The van der Waals surface area contributed by atoms with Crippen LogP contribution in [0.5, 0.6) is 0 Å². The fourth-order valence-corrected chi connectivity index (χ4v) is 3.39. The fourth-order valence-electron chi connectivity index (χ4n) is 3.39. The van der Waals surface area contributed by atoms with Gasteiger partial charge in [0.2, 0.25) is 0 Å². The lowest BCUT2D eigenvalue weighted by molar-refractivity contribution is 0.150. The highest BCUT2D eigenvalue weighted by Crippen LogP contribution is 2.34. The molecule has 2 nitrogen and oxygen atoms in total. The van der Waals surface area contributed by atoms with Crippen molar-refractivity contribution in [2.75, 3.05) is 19.6 Å². The lowest BCUT2D eigenvalue weighted by atomic mass is 9.77. The summed E-state index contributed by atoms with van der Waals surface area (Å²) in [5, 5.41) is 3.66. The Kier molecular flexibility index (Phi) is 6.74. The van der Waals surface area contributed by atoms with Crippen LogP contribution in [0.2, 0.25) is 0 Å². The summed E-state index contributed by atoms with van der Waals surface area (Å²) < 4.78 is 0. The Hall–Kier alpha value is -0.0800. The number of likely N-dealkylation sites (tertiary alicyclic amines) is 1. The number of hydrogen-bond donors (Lipinski definition) is 1. The summed E-state index contributed by atoms with van der Waals surface area (Å²) >= 11 is 0. The van der Waals surface area contributed by atoms with E-state index in [0.29, 0.717) is 17.4 Å². The van der Waals surface area contributed by atoms with E-state index in [4.69, 9.17) is 0 Å². The molecule has 0 aliphatic carbocycles. The van der Waals surface area contributed by atoms with Gasteiger partial charge in [-0.2, -0.15) is 0 Å². The van der Waals surface area contributed by atoms with Crippen LogP contribution >= 0.6 is 0 Å². The molecule has 2 heteroatoms. The highest BCUT2D eigenvalue weighted by atomic mass is 15.2. The number of hydrogen-bond acceptors (Lipinski definition) is 2. The molecule has 0 radical (unpaired) electrons. The lowest BCUT2D eigenvalue weighted by Crippen LogP contribution is -2.45. The third kappa shape index (κ3) is 6.69. The van der Waals surface area contributed by atoms with Gasteiger partial charge in [-0.3, -0.25) is 0 Å². The molecule has 0 aromatic heterocycles. The van der Waals surface area contributed by atoms with Crippen molar-refractivity contribution in [3.05, 3.63) is 0 Å². The molecule has 1 rings (SSSR count). The molecule has 1 saturated heterocycles. The molecular formula is C19H40N2. The molecule has 1 heterocycles. The first kappa shape index (κ1) is 19.0. The maximum Gasteiger partial charge on any atom is 0.0105 e. The van der Waals surface area contributed by atoms with Gasteiger partial charge in [-0.25, -0.2) is 0 Å². The van der Waals surface area contributed by atoms with Crippen LogP contribution in [0.4, 0.5) is 0 Å². The van der Waals surface area contributed by atoms with E-state index in [2.05, 4.69) is 65.6 Å². The van der Waals surface area contributed by atoms with Crippen LogP contribution in [-0.2, 0) is 0 Å². The molecule has 1 aliphatic heterocycles. The van der Waals surface area contributed by atoms with Gasteiger partial charge >= 0.3 is 0 Å². The Balaban J connectivity index is 2.49. The van der Waals surface area contributed by atoms with Gasteiger partial charge in [0, 0.05) is 11.6 Å². The SMILES string of the molecule is CC(CNC(C)(C)C)C(C)N1CCCC(C(C)(C)C)CC1. The summed E-state index contributed by atoms with van der Waals surface area (Å²) in [6.45, 7) is 22.5. The van der Waals surface area contributed by atoms with Gasteiger partial charge in [-0.1, -0.05) is 27.7 Å². The Morgan fingerprint density at radius 3 is 2.14 bits per heavy atom. The first-order valence-corrected chi connectivity index (χ1v) is 9.00. The van der Waals surface area contributed by atoms with Gasteiger partial charge in [-0.15, -0.1) is 0 Å². The highest BCUT2D eigenvalue weighted by molar-refractivity contribution is 4.83. The van der Waals surface area contributed by atoms with Gasteiger partial charge in [0.1, 0.15) is 0 Å². The van der Waals surface area contributed by atoms with Gasteiger partial charge in [0.05, 0.1) is 0 Å². The zero-order valence-electron chi connectivity index (χ0n) is 15.9. The summed E-state index contributed by atoms with van der Waals surface area (Å²) in [7, 11) is 0. The molecule has 0 amide bonds. The summed E-state index contributed by atoms with van der Waals surface area (Å²) in [4.78, 5) is 2.74. The van der Waals surface area contributed by atoms with Crippen LogP contribution in [0.1, 0.15) is 74.7 Å². The summed E-state index contributed by atoms with van der Waals surface area (Å²) in [5.74, 6) is 1.59. The first-order chi connectivity index (χ1) is 9.50. The molecule has 0 bridgehead atoms. The molecule has 21 heavy (non-hydrogen) atoms. The predicted octanol–water partition coefficient (Wildman–Crippen LogP) is 4.55. The normalized spacial score (nSPS) is 25.4. The van der Waals surface area contributed by atoms with E-state index in [9.17, 15) is 0 Å². The van der Waals surface area contributed by atoms with Crippen molar-refractivity contribution in [2.24, 2.45) is 17.3 Å². The Labute approximate surface area is 134 Å². The van der Waals surface area contributed by atoms with Gasteiger partial charge < -0.3 is 10.2 Å². The van der Waals surface area contributed by atoms with Crippen molar-refractivity contribution >= 4 is 0 Å². The minimum Gasteiger partial charge on any atom is -0.312 e. The van der Waals surface area contributed by atoms with E-state index in [1.54, 1.807) is 0 Å². The number of nitrogens with one attached hydrogen (secondary N) is 1. The van der Waals surface area contributed by atoms with E-state index >= 15 is 0 Å². The molecule has 126 valence electrons. The minimum absolute atomic E-state index is 0.226. The smallest absolute Gasteiger partial charge is 0.0105 e. The lowest BCUT2D eigenvalue weighted by Gasteiger charge is -2.35. The topological polar surface area (TPSA) is 15.3 Å². The zero-order chi connectivity index (χ0) is 16.3. The molecule has 3 atom stereocenters. The van der Waals surface area contributed by atoms with Crippen molar-refractivity contribution < 1.29 is 0 Å². The Bertz CT molecular complexity index is 298. The molecule has 1 aliphatic rings. The van der Waals surface area contributed by atoms with E-state index < -0.39 is 0 Å². The Morgan fingerprint density at radius 1 is 1.00 bits per heavy atom. The Morgan fingerprint density at radius 2 is 1.62 bits per heavy atom. The van der Waals surface area contributed by atoms with Gasteiger partial charge in [-0.05, 0) is 83.8 Å². The second-order valence-corrected chi connectivity index (χ2v) is 9.38. The minimum atomic E-state index is 0.226. The average Bonchev–Trinajstić information content (AvgIpc) is 2.59. The van der Waals surface area contributed by atoms with E-state index in [-0.39, 0.29) is 5.54 Å². The van der Waals surface area contributed by atoms with Crippen LogP contribution in [0.25, 0.3) is 0 Å². The summed E-state index contributed by atoms with van der Waals surface area (Å²) in [6, 6.07) is 0.679. The van der Waals surface area contributed by atoms with Crippen molar-refractivity contribution in [1.29, 1.82) is 0 Å². The maximum absolute atomic E-state index is 3.66. The second kappa shape index (κ2) is 7.46. The molecule has 0 saturated carbocycles. The van der Waals surface area contributed by atoms with Gasteiger partial charge in [0.15, 0.2) is 0 Å². The monoisotopic (exact) mass is 296 g/mol. The van der Waals surface area contributed by atoms with Crippen molar-refractivity contribution in [3.8, 4) is 0 Å². The number of rotatable bonds is 4. The molecule has 3 unspecified atom stereocenters. The van der Waals surface area contributed by atoms with Crippen LogP contribution in [0.3, 0.4) is 0 Å². The van der Waals surface area contributed by atoms with Crippen molar-refractivity contribution in [2.45, 2.75) is 86.2 Å². The van der Waals surface area contributed by atoms with Crippen LogP contribution in [-0.4, -0.2) is 36.1 Å². The van der Waals surface area contributed by atoms with E-state index in [1.165, 1.54) is 32.4 Å². The number of nitrogens with zero attached hydrogens (tertiary/aromatic N) is 1. The van der Waals surface area contributed by atoms with Crippen molar-refractivity contribution in [3.63, 3.8) is 0 Å². The second-order valence-electron chi connectivity index (χ2n) is 9.38. The third-order valence-corrected chi connectivity index (χ3v) is 5.34. The molecule has 1 N–H and O–H groups in total. The zero-order valence-corrected chi connectivity index (χ0v) is 15.9. The standard InChI is InChI=1S/C19H40N2/c1-15(14-20-19(6,7)8)16(2)21-12-9-10-17(11-13-21)18(3,4)5/h15-17,20H,9-14H2,1-8H3. The fraction of sp³-hybridized carbons (Fsp3) is 1.00. The summed E-state index contributed by atoms with van der Waals surface area (Å²) in [5.41, 5.74) is 0.697. The molecular weight excluding hydrogens is 256 g/mol. The summed E-state index contributed by atoms with van der Waals surface area (Å²) in [6.07, 6.45) is 4.14. The van der Waals surface area contributed by atoms with Crippen LogP contribution in [0.15, 0.2) is 0 Å². The molecule has 0 aromatic carbocycles. The first-order valence-electron chi connectivity index (χ1n) is 9.00. The average molecular weight is 297 g/mol. The van der Waals surface area contributed by atoms with E-state index in [1.807, 2.05) is 0 Å². The largest absolute Gasteiger partial charge is 0.312 e. The van der Waals surface area contributed by atoms with E-state index in [0.717, 1.165) is 12.5 Å². The van der Waals surface area contributed by atoms with Crippen molar-refractivity contribution in [1.82, 2.24) is 10.2 Å². The van der Waals surface area contributed by atoms with Crippen LogP contribution in [0, 0.1) is 17.3 Å². The van der Waals surface area contributed by atoms with Gasteiger partial charge in [0.25, 0.3) is 0 Å². The quantitative estimate of drug-likeness (QED) is 0.819. The predicted molar refractivity (Wildman–Crippen MR) is 94.8 cm³/mol. The van der Waals surface area contributed by atoms with Crippen LogP contribution < -0.4 is 5.32 Å². The molecule has 0 aromatic rings. The highest BCUT2D eigenvalue weighted by Gasteiger charge is 2.29. The molecule has 0 spiro atoms. The third-order valence-electron chi connectivity index (χ3n) is 5.34.